The average Bonchev–Trinajstić information content (AvgIpc) is 2.75. The van der Waals surface area contributed by atoms with Gasteiger partial charge in [-0.05, 0) is 30.7 Å². The molecule has 0 spiro atoms. The van der Waals surface area contributed by atoms with Gasteiger partial charge < -0.3 is 10.2 Å². The number of fused-ring (bicyclic) bond motifs is 1. The van der Waals surface area contributed by atoms with Crippen LogP contribution in [0.2, 0.25) is 0 Å². The van der Waals surface area contributed by atoms with Crippen LogP contribution in [0, 0.1) is 6.92 Å². The highest BCUT2D eigenvalue weighted by atomic mass is 16.3. The molecule has 2 aromatic carbocycles. The number of nitrogen functional groups attached to an aromatic ring is 1. The summed E-state index contributed by atoms with van der Waals surface area (Å²) in [6, 6.07) is 15.9. The van der Waals surface area contributed by atoms with Gasteiger partial charge in [-0.25, -0.2) is 0 Å². The van der Waals surface area contributed by atoms with E-state index in [-0.39, 0.29) is 0 Å². The van der Waals surface area contributed by atoms with Crippen LogP contribution in [-0.2, 0) is 0 Å². The van der Waals surface area contributed by atoms with Crippen molar-refractivity contribution >= 4 is 16.7 Å². The third kappa shape index (κ3) is 1.58. The van der Waals surface area contributed by atoms with Crippen LogP contribution < -0.4 is 5.73 Å². The van der Waals surface area contributed by atoms with Gasteiger partial charge in [0.1, 0.15) is 11.3 Å². The van der Waals surface area contributed by atoms with Crippen LogP contribution in [0.15, 0.2) is 52.9 Å². The number of rotatable bonds is 1. The van der Waals surface area contributed by atoms with Crippen molar-refractivity contribution in [3.63, 3.8) is 0 Å². The van der Waals surface area contributed by atoms with Crippen molar-refractivity contribution in [3.8, 4) is 11.3 Å². The molecule has 0 amide bonds. The molecule has 84 valence electrons. The van der Waals surface area contributed by atoms with E-state index in [4.69, 9.17) is 10.2 Å². The maximum Gasteiger partial charge on any atom is 0.137 e. The Bertz CT molecular complexity index is 682. The van der Waals surface area contributed by atoms with E-state index >= 15 is 0 Å². The molecule has 0 radical (unpaired) electrons. The van der Waals surface area contributed by atoms with Crippen LogP contribution in [0.4, 0.5) is 5.69 Å². The Kier molecular flexibility index (Phi) is 2.15. The number of anilines is 1. The first-order valence-electron chi connectivity index (χ1n) is 5.60. The van der Waals surface area contributed by atoms with Crippen molar-refractivity contribution in [2.24, 2.45) is 0 Å². The summed E-state index contributed by atoms with van der Waals surface area (Å²) in [7, 11) is 0. The fourth-order valence-electron chi connectivity index (χ4n) is 2.06. The van der Waals surface area contributed by atoms with Gasteiger partial charge in [0, 0.05) is 16.6 Å². The van der Waals surface area contributed by atoms with Crippen LogP contribution >= 0.6 is 0 Å². The lowest BCUT2D eigenvalue weighted by Gasteiger charge is -2.00. The second-order valence-electron chi connectivity index (χ2n) is 4.19. The average molecular weight is 223 g/mol. The van der Waals surface area contributed by atoms with Crippen molar-refractivity contribution in [3.05, 3.63) is 54.1 Å². The molecule has 0 aliphatic heterocycles. The number of hydrogen-bond donors (Lipinski definition) is 1. The molecule has 1 aromatic heterocycles. The molecule has 0 saturated carbocycles. The first kappa shape index (κ1) is 9.97. The van der Waals surface area contributed by atoms with Crippen molar-refractivity contribution < 1.29 is 4.42 Å². The molecule has 0 aliphatic rings. The molecule has 0 unspecified atom stereocenters. The molecule has 0 saturated heterocycles. The predicted molar refractivity (Wildman–Crippen MR) is 70.8 cm³/mol. The summed E-state index contributed by atoms with van der Waals surface area (Å²) in [5.74, 6) is 0.826. The van der Waals surface area contributed by atoms with Crippen LogP contribution in [0.3, 0.4) is 0 Å². The second kappa shape index (κ2) is 3.67. The number of aryl methyl sites for hydroxylation is 1. The quantitative estimate of drug-likeness (QED) is 0.633. The molecule has 2 heteroatoms. The largest absolute Gasteiger partial charge is 0.456 e. The van der Waals surface area contributed by atoms with E-state index in [1.807, 2.05) is 49.4 Å². The van der Waals surface area contributed by atoms with Crippen LogP contribution in [0.5, 0.6) is 0 Å². The summed E-state index contributed by atoms with van der Waals surface area (Å²) in [6.45, 7) is 2.05. The molecular weight excluding hydrogens is 210 g/mol. The minimum atomic E-state index is 0.740. The van der Waals surface area contributed by atoms with Crippen LogP contribution in [0.25, 0.3) is 22.3 Å². The Labute approximate surface area is 99.7 Å². The van der Waals surface area contributed by atoms with Gasteiger partial charge in [0.25, 0.3) is 0 Å². The predicted octanol–water partition coefficient (Wildman–Crippen LogP) is 3.99. The van der Waals surface area contributed by atoms with E-state index in [1.165, 1.54) is 0 Å². The topological polar surface area (TPSA) is 39.2 Å². The summed E-state index contributed by atoms with van der Waals surface area (Å²) in [4.78, 5) is 0. The summed E-state index contributed by atoms with van der Waals surface area (Å²) < 4.78 is 5.89. The lowest BCUT2D eigenvalue weighted by molar-refractivity contribution is 0.629. The Hall–Kier alpha value is -2.22. The second-order valence-corrected chi connectivity index (χ2v) is 4.19. The van der Waals surface area contributed by atoms with Crippen molar-refractivity contribution in [1.82, 2.24) is 0 Å². The van der Waals surface area contributed by atoms with Crippen molar-refractivity contribution in [1.29, 1.82) is 0 Å². The van der Waals surface area contributed by atoms with E-state index in [9.17, 15) is 0 Å². The normalized spacial score (nSPS) is 10.9. The molecule has 0 aliphatic carbocycles. The fraction of sp³-hybridized carbons (Fsp3) is 0.0667. The molecule has 3 aromatic rings. The first-order valence-corrected chi connectivity index (χ1v) is 5.60. The standard InChI is InChI=1S/C15H13NO/c1-10-5-4-6-11-9-14(17-15(10)11)12-7-2-3-8-13(12)16/h2-9H,16H2,1H3. The molecule has 0 bridgehead atoms. The van der Waals surface area contributed by atoms with E-state index < -0.39 is 0 Å². The molecule has 0 atom stereocenters. The Balaban J connectivity index is 2.26. The zero-order chi connectivity index (χ0) is 11.8. The van der Waals surface area contributed by atoms with Gasteiger partial charge in [0.2, 0.25) is 0 Å². The van der Waals surface area contributed by atoms with Gasteiger partial charge in [-0.2, -0.15) is 0 Å². The Morgan fingerprint density at radius 2 is 1.82 bits per heavy atom. The molecule has 3 rings (SSSR count). The number of benzene rings is 2. The smallest absolute Gasteiger partial charge is 0.137 e. The maximum absolute atomic E-state index is 5.95. The highest BCUT2D eigenvalue weighted by Gasteiger charge is 2.09. The first-order chi connectivity index (χ1) is 8.25. The number of furan rings is 1. The summed E-state index contributed by atoms with van der Waals surface area (Å²) in [5, 5.41) is 1.11. The number of para-hydroxylation sites is 2. The van der Waals surface area contributed by atoms with E-state index in [2.05, 4.69) is 6.07 Å². The molecule has 0 fully saturated rings. The summed E-state index contributed by atoms with van der Waals surface area (Å²) in [5.41, 5.74) is 9.72. The van der Waals surface area contributed by atoms with E-state index in [0.29, 0.717) is 0 Å². The van der Waals surface area contributed by atoms with E-state index in [0.717, 1.165) is 33.5 Å². The van der Waals surface area contributed by atoms with Gasteiger partial charge in [0.15, 0.2) is 0 Å². The molecule has 17 heavy (non-hydrogen) atoms. The molecule has 1 heterocycles. The minimum Gasteiger partial charge on any atom is -0.456 e. The molecule has 2 N–H and O–H groups in total. The van der Waals surface area contributed by atoms with Gasteiger partial charge >= 0.3 is 0 Å². The maximum atomic E-state index is 5.95. The summed E-state index contributed by atoms with van der Waals surface area (Å²) >= 11 is 0. The van der Waals surface area contributed by atoms with Gasteiger partial charge in [-0.1, -0.05) is 30.3 Å². The monoisotopic (exact) mass is 223 g/mol. The summed E-state index contributed by atoms with van der Waals surface area (Å²) in [6.07, 6.45) is 0. The zero-order valence-electron chi connectivity index (χ0n) is 9.60. The number of hydrogen-bond acceptors (Lipinski definition) is 2. The Morgan fingerprint density at radius 3 is 2.59 bits per heavy atom. The van der Waals surface area contributed by atoms with Crippen molar-refractivity contribution in [2.45, 2.75) is 6.92 Å². The zero-order valence-corrected chi connectivity index (χ0v) is 9.60. The third-order valence-corrected chi connectivity index (χ3v) is 2.97. The minimum absolute atomic E-state index is 0.740. The third-order valence-electron chi connectivity index (χ3n) is 2.97. The fourth-order valence-corrected chi connectivity index (χ4v) is 2.06. The highest BCUT2D eigenvalue weighted by molar-refractivity contribution is 5.87. The van der Waals surface area contributed by atoms with Crippen LogP contribution in [-0.4, -0.2) is 0 Å². The SMILES string of the molecule is Cc1cccc2cc(-c3ccccc3N)oc12. The number of nitrogens with two attached hydrogens (primary N) is 1. The molecule has 2 nitrogen and oxygen atoms in total. The highest BCUT2D eigenvalue weighted by Crippen LogP contribution is 2.32. The van der Waals surface area contributed by atoms with Crippen LogP contribution in [0.1, 0.15) is 5.56 Å². The lowest BCUT2D eigenvalue weighted by Crippen LogP contribution is -1.87. The van der Waals surface area contributed by atoms with E-state index in [1.54, 1.807) is 0 Å². The van der Waals surface area contributed by atoms with Gasteiger partial charge in [0.05, 0.1) is 0 Å². The lowest BCUT2D eigenvalue weighted by atomic mass is 10.1. The molecular formula is C15H13NO. The van der Waals surface area contributed by atoms with Gasteiger partial charge in [-0.15, -0.1) is 0 Å². The van der Waals surface area contributed by atoms with Gasteiger partial charge in [-0.3, -0.25) is 0 Å². The van der Waals surface area contributed by atoms with Crippen molar-refractivity contribution in [2.75, 3.05) is 5.73 Å². The Morgan fingerprint density at radius 1 is 1.00 bits per heavy atom.